The van der Waals surface area contributed by atoms with Crippen LogP contribution in [0.3, 0.4) is 0 Å². The van der Waals surface area contributed by atoms with E-state index in [0.29, 0.717) is 44.3 Å². The minimum atomic E-state index is -4.78. The molecule has 32 heavy (non-hydrogen) atoms. The monoisotopic (exact) mass is 476 g/mol. The highest BCUT2D eigenvalue weighted by Crippen LogP contribution is 2.44. The zero-order valence-electron chi connectivity index (χ0n) is 17.6. The number of anilines is 1. The summed E-state index contributed by atoms with van der Waals surface area (Å²) in [6.07, 6.45) is -0.828. The molecular weight excluding hydrogens is 449 g/mol. The third-order valence-electron chi connectivity index (χ3n) is 6.95. The van der Waals surface area contributed by atoms with Gasteiger partial charge in [-0.2, -0.15) is 0 Å². The van der Waals surface area contributed by atoms with Gasteiger partial charge in [-0.05, 0) is 56.4 Å². The molecule has 1 aromatic carbocycles. The molecule has 3 fully saturated rings. The number of piperidine rings is 1. The number of carbonyl (C=O) groups excluding carboxylic acids is 1. The van der Waals surface area contributed by atoms with Crippen LogP contribution in [0.25, 0.3) is 0 Å². The fraction of sp³-hybridized carbons (Fsp3) is 0.667. The number of rotatable bonds is 5. The van der Waals surface area contributed by atoms with Crippen LogP contribution in [0.15, 0.2) is 24.3 Å². The molecule has 3 aliphatic rings. The Kier molecular flexibility index (Phi) is 5.96. The van der Waals surface area contributed by atoms with E-state index in [1.165, 1.54) is 28.6 Å². The number of hydrogen-bond acceptors (Lipinski definition) is 5. The van der Waals surface area contributed by atoms with Crippen LogP contribution < -0.4 is 9.64 Å². The molecular formula is C21H27F3N2O5S. The van der Waals surface area contributed by atoms with Gasteiger partial charge >= 0.3 is 6.36 Å². The van der Waals surface area contributed by atoms with Crippen molar-refractivity contribution in [2.75, 3.05) is 30.3 Å². The van der Waals surface area contributed by atoms with Gasteiger partial charge in [-0.1, -0.05) is 12.8 Å². The molecule has 11 heteroatoms. The van der Waals surface area contributed by atoms with Crippen molar-refractivity contribution in [2.45, 2.75) is 56.9 Å². The van der Waals surface area contributed by atoms with Crippen molar-refractivity contribution in [1.82, 2.24) is 4.31 Å². The maximum absolute atomic E-state index is 13.2. The average Bonchev–Trinajstić information content (AvgIpc) is 3.26. The molecule has 1 spiro atoms. The van der Waals surface area contributed by atoms with Gasteiger partial charge < -0.3 is 14.7 Å². The predicted octanol–water partition coefficient (Wildman–Crippen LogP) is 3.04. The van der Waals surface area contributed by atoms with Crippen molar-refractivity contribution in [3.05, 3.63) is 24.3 Å². The predicted molar refractivity (Wildman–Crippen MR) is 111 cm³/mol. The molecule has 178 valence electrons. The molecule has 0 atom stereocenters. The zero-order valence-corrected chi connectivity index (χ0v) is 18.4. The van der Waals surface area contributed by atoms with Crippen LogP contribution >= 0.6 is 0 Å². The van der Waals surface area contributed by atoms with Crippen LogP contribution in [0.1, 0.15) is 44.9 Å². The number of sulfonamides is 1. The van der Waals surface area contributed by atoms with Crippen LogP contribution in [0.5, 0.6) is 5.75 Å². The second-order valence-electron chi connectivity index (χ2n) is 9.12. The van der Waals surface area contributed by atoms with Crippen molar-refractivity contribution in [2.24, 2.45) is 5.41 Å². The third-order valence-corrected chi connectivity index (χ3v) is 9.01. The van der Waals surface area contributed by atoms with Gasteiger partial charge in [-0.25, -0.2) is 12.7 Å². The van der Waals surface area contributed by atoms with Crippen molar-refractivity contribution in [3.8, 4) is 5.75 Å². The molecule has 1 aromatic rings. The molecule has 1 N–H and O–H groups in total. The van der Waals surface area contributed by atoms with Crippen LogP contribution in [-0.2, 0) is 14.8 Å². The van der Waals surface area contributed by atoms with E-state index in [1.54, 1.807) is 4.90 Å². The van der Waals surface area contributed by atoms with Gasteiger partial charge in [-0.15, -0.1) is 13.2 Å². The largest absolute Gasteiger partial charge is 0.573 e. The number of ether oxygens (including phenoxy) is 1. The number of hydrogen-bond donors (Lipinski definition) is 1. The summed E-state index contributed by atoms with van der Waals surface area (Å²) in [5, 5.41) is 10.5. The number of alkyl halides is 3. The SMILES string of the molecule is O=C1N(c2ccc(OC(F)(F)F)cc2)CCC12CCN(S(=O)(=O)CC1(O)CCCC1)CC2. The van der Waals surface area contributed by atoms with Crippen molar-refractivity contribution >= 4 is 21.6 Å². The molecule has 0 bridgehead atoms. The Hall–Kier alpha value is -1.85. The summed E-state index contributed by atoms with van der Waals surface area (Å²) in [5.41, 5.74) is -1.34. The Bertz CT molecular complexity index is 951. The molecule has 2 saturated heterocycles. The Labute approximate surface area is 185 Å². The molecule has 1 saturated carbocycles. The highest BCUT2D eigenvalue weighted by atomic mass is 32.2. The molecule has 4 rings (SSSR count). The number of nitrogens with zero attached hydrogens (tertiary/aromatic N) is 2. The summed E-state index contributed by atoms with van der Waals surface area (Å²) in [6.45, 7) is 0.859. The minimum absolute atomic E-state index is 0.131. The van der Waals surface area contributed by atoms with Crippen LogP contribution in [0, 0.1) is 5.41 Å². The number of carbonyl (C=O) groups is 1. The first-order valence-electron chi connectivity index (χ1n) is 10.8. The van der Waals surface area contributed by atoms with Crippen LogP contribution in [0.4, 0.5) is 18.9 Å². The lowest BCUT2D eigenvalue weighted by molar-refractivity contribution is -0.274. The molecule has 2 aliphatic heterocycles. The van der Waals surface area contributed by atoms with E-state index < -0.39 is 27.4 Å². The summed E-state index contributed by atoms with van der Waals surface area (Å²) >= 11 is 0. The summed E-state index contributed by atoms with van der Waals surface area (Å²) in [6, 6.07) is 5.17. The molecule has 1 aliphatic carbocycles. The van der Waals surface area contributed by atoms with Crippen molar-refractivity contribution < 1.29 is 36.2 Å². The molecule has 1 amide bonds. The van der Waals surface area contributed by atoms with Gasteiger partial charge in [-0.3, -0.25) is 4.79 Å². The number of amides is 1. The van der Waals surface area contributed by atoms with Crippen molar-refractivity contribution in [3.63, 3.8) is 0 Å². The topological polar surface area (TPSA) is 87.2 Å². The van der Waals surface area contributed by atoms with E-state index in [-0.39, 0.29) is 30.5 Å². The van der Waals surface area contributed by atoms with E-state index in [9.17, 15) is 31.5 Å². The second-order valence-corrected chi connectivity index (χ2v) is 11.1. The summed E-state index contributed by atoms with van der Waals surface area (Å²) in [7, 11) is -3.62. The fourth-order valence-electron chi connectivity index (χ4n) is 5.16. The van der Waals surface area contributed by atoms with E-state index in [4.69, 9.17) is 0 Å². The quantitative estimate of drug-likeness (QED) is 0.706. The normalized spacial score (nSPS) is 23.8. The lowest BCUT2D eigenvalue weighted by atomic mass is 9.77. The number of aliphatic hydroxyl groups is 1. The zero-order chi connectivity index (χ0) is 23.2. The Morgan fingerprint density at radius 2 is 1.53 bits per heavy atom. The highest BCUT2D eigenvalue weighted by Gasteiger charge is 2.50. The van der Waals surface area contributed by atoms with Gasteiger partial charge in [0.15, 0.2) is 0 Å². The molecule has 0 aromatic heterocycles. The standard InChI is InChI=1S/C21H27F3N2O5S/c22-21(23,24)31-17-5-3-16(4-6-17)26-14-11-19(18(26)27)9-12-25(13-10-19)32(29,30)15-20(28)7-1-2-8-20/h3-6,28H,1-2,7-15H2. The van der Waals surface area contributed by atoms with E-state index in [0.717, 1.165) is 12.8 Å². The lowest BCUT2D eigenvalue weighted by Gasteiger charge is -2.38. The van der Waals surface area contributed by atoms with Crippen molar-refractivity contribution in [1.29, 1.82) is 0 Å². The maximum Gasteiger partial charge on any atom is 0.573 e. The third kappa shape index (κ3) is 4.74. The molecule has 2 heterocycles. The summed E-state index contributed by atoms with van der Waals surface area (Å²) in [5.74, 6) is -0.766. The lowest BCUT2D eigenvalue weighted by Crippen LogP contribution is -2.49. The van der Waals surface area contributed by atoms with Gasteiger partial charge in [0, 0.05) is 25.3 Å². The first-order valence-corrected chi connectivity index (χ1v) is 12.4. The Morgan fingerprint density at radius 1 is 0.969 bits per heavy atom. The molecule has 0 radical (unpaired) electrons. The summed E-state index contributed by atoms with van der Waals surface area (Å²) < 4.78 is 67.9. The molecule has 7 nitrogen and oxygen atoms in total. The maximum atomic E-state index is 13.2. The second kappa shape index (κ2) is 8.18. The van der Waals surface area contributed by atoms with Crippen LogP contribution in [0.2, 0.25) is 0 Å². The molecule has 0 unspecified atom stereocenters. The average molecular weight is 477 g/mol. The Morgan fingerprint density at radius 3 is 2.09 bits per heavy atom. The number of halogens is 3. The minimum Gasteiger partial charge on any atom is -0.406 e. The van der Waals surface area contributed by atoms with E-state index in [1.807, 2.05) is 0 Å². The first kappa shape index (κ1) is 23.3. The van der Waals surface area contributed by atoms with Gasteiger partial charge in [0.2, 0.25) is 15.9 Å². The van der Waals surface area contributed by atoms with Gasteiger partial charge in [0.05, 0.1) is 16.8 Å². The Balaban J connectivity index is 1.39. The summed E-state index contributed by atoms with van der Waals surface area (Å²) in [4.78, 5) is 14.7. The fourth-order valence-corrected chi connectivity index (χ4v) is 7.05. The van der Waals surface area contributed by atoms with E-state index >= 15 is 0 Å². The highest BCUT2D eigenvalue weighted by molar-refractivity contribution is 7.89. The van der Waals surface area contributed by atoms with E-state index in [2.05, 4.69) is 4.74 Å². The van der Waals surface area contributed by atoms with Gasteiger partial charge in [0.25, 0.3) is 0 Å². The van der Waals surface area contributed by atoms with Crippen LogP contribution in [-0.4, -0.2) is 61.1 Å². The van der Waals surface area contributed by atoms with Gasteiger partial charge in [0.1, 0.15) is 5.75 Å². The first-order chi connectivity index (χ1) is 14.9. The number of benzene rings is 1. The smallest absolute Gasteiger partial charge is 0.406 e.